The highest BCUT2D eigenvalue weighted by Gasteiger charge is 2.26. The predicted octanol–water partition coefficient (Wildman–Crippen LogP) is 2.19. The van der Waals surface area contributed by atoms with Gasteiger partial charge in [0.2, 0.25) is 0 Å². The van der Waals surface area contributed by atoms with E-state index in [-0.39, 0.29) is 0 Å². The minimum Gasteiger partial charge on any atom is -0.381 e. The van der Waals surface area contributed by atoms with Crippen molar-refractivity contribution < 1.29 is 4.74 Å². The van der Waals surface area contributed by atoms with Crippen LogP contribution in [0.25, 0.3) is 0 Å². The first-order valence-corrected chi connectivity index (χ1v) is 6.79. The number of rotatable bonds is 4. The number of benzene rings is 1. The van der Waals surface area contributed by atoms with Gasteiger partial charge in [-0.2, -0.15) is 0 Å². The molecule has 1 fully saturated rings. The largest absolute Gasteiger partial charge is 0.381 e. The molecule has 0 amide bonds. The highest BCUT2D eigenvalue weighted by Crippen LogP contribution is 2.25. The minimum atomic E-state index is 0.368. The van der Waals surface area contributed by atoms with Crippen molar-refractivity contribution in [3.63, 3.8) is 0 Å². The van der Waals surface area contributed by atoms with Crippen LogP contribution in [-0.4, -0.2) is 32.8 Å². The van der Waals surface area contributed by atoms with Crippen LogP contribution < -0.4 is 10.6 Å². The van der Waals surface area contributed by atoms with E-state index in [0.717, 1.165) is 19.6 Å². The van der Waals surface area contributed by atoms with Gasteiger partial charge in [0.1, 0.15) is 0 Å². The Hall–Kier alpha value is -1.06. The number of nitrogens with two attached hydrogens (primary N) is 1. The van der Waals surface area contributed by atoms with E-state index < -0.39 is 0 Å². The summed E-state index contributed by atoms with van der Waals surface area (Å²) in [6.07, 6.45) is 2.38. The SMILES string of the molecule is Cc1cccc(N(C)C(CN)C2CCCOC2)c1. The molecule has 1 aromatic carbocycles. The lowest BCUT2D eigenvalue weighted by Crippen LogP contribution is -2.46. The Labute approximate surface area is 110 Å². The molecule has 0 aromatic heterocycles. The highest BCUT2D eigenvalue weighted by atomic mass is 16.5. The fraction of sp³-hybridized carbons (Fsp3) is 0.600. The zero-order valence-electron chi connectivity index (χ0n) is 11.4. The number of likely N-dealkylation sites (N-methyl/N-ethyl adjacent to an activating group) is 1. The second-order valence-corrected chi connectivity index (χ2v) is 5.23. The van der Waals surface area contributed by atoms with Gasteiger partial charge in [0.15, 0.2) is 0 Å². The molecule has 3 nitrogen and oxygen atoms in total. The zero-order chi connectivity index (χ0) is 13.0. The molecule has 2 N–H and O–H groups in total. The number of hydrogen-bond donors (Lipinski definition) is 1. The molecule has 0 aliphatic carbocycles. The molecule has 100 valence electrons. The molecule has 2 atom stereocenters. The van der Waals surface area contributed by atoms with Crippen molar-refractivity contribution in [1.82, 2.24) is 0 Å². The van der Waals surface area contributed by atoms with Crippen molar-refractivity contribution in [2.75, 3.05) is 31.7 Å². The monoisotopic (exact) mass is 248 g/mol. The van der Waals surface area contributed by atoms with Gasteiger partial charge in [-0.25, -0.2) is 0 Å². The average Bonchev–Trinajstić information content (AvgIpc) is 2.41. The Morgan fingerprint density at radius 3 is 2.94 bits per heavy atom. The maximum absolute atomic E-state index is 5.98. The van der Waals surface area contributed by atoms with Gasteiger partial charge in [0.05, 0.1) is 6.61 Å². The highest BCUT2D eigenvalue weighted by molar-refractivity contribution is 5.48. The summed E-state index contributed by atoms with van der Waals surface area (Å²) in [5.74, 6) is 0.550. The van der Waals surface area contributed by atoms with Gasteiger partial charge in [0.25, 0.3) is 0 Å². The Morgan fingerprint density at radius 1 is 1.50 bits per heavy atom. The van der Waals surface area contributed by atoms with Crippen LogP contribution in [0.15, 0.2) is 24.3 Å². The van der Waals surface area contributed by atoms with E-state index in [1.54, 1.807) is 0 Å². The van der Waals surface area contributed by atoms with E-state index in [1.165, 1.54) is 17.7 Å². The molecule has 2 unspecified atom stereocenters. The lowest BCUT2D eigenvalue weighted by Gasteiger charge is -2.37. The van der Waals surface area contributed by atoms with Crippen molar-refractivity contribution in [1.29, 1.82) is 0 Å². The lowest BCUT2D eigenvalue weighted by atomic mass is 9.92. The van der Waals surface area contributed by atoms with Gasteiger partial charge in [-0.15, -0.1) is 0 Å². The van der Waals surface area contributed by atoms with Crippen LogP contribution in [0.1, 0.15) is 18.4 Å². The molecule has 0 radical (unpaired) electrons. The summed E-state index contributed by atoms with van der Waals surface area (Å²) in [6, 6.07) is 8.96. The number of ether oxygens (including phenoxy) is 1. The molecule has 1 aromatic rings. The summed E-state index contributed by atoms with van der Waals surface area (Å²) in [5, 5.41) is 0. The van der Waals surface area contributed by atoms with Crippen molar-refractivity contribution in [3.8, 4) is 0 Å². The van der Waals surface area contributed by atoms with Gasteiger partial charge in [-0.1, -0.05) is 12.1 Å². The van der Waals surface area contributed by atoms with Crippen molar-refractivity contribution in [2.24, 2.45) is 11.7 Å². The van der Waals surface area contributed by atoms with Gasteiger partial charge in [0, 0.05) is 37.8 Å². The van der Waals surface area contributed by atoms with Gasteiger partial charge in [-0.3, -0.25) is 0 Å². The summed E-state index contributed by atoms with van der Waals surface area (Å²) in [4.78, 5) is 2.31. The van der Waals surface area contributed by atoms with Crippen LogP contribution >= 0.6 is 0 Å². The van der Waals surface area contributed by atoms with Crippen LogP contribution in [0.4, 0.5) is 5.69 Å². The Kier molecular flexibility index (Phi) is 4.61. The second kappa shape index (κ2) is 6.21. The van der Waals surface area contributed by atoms with E-state index in [2.05, 4.69) is 43.1 Å². The predicted molar refractivity (Wildman–Crippen MR) is 76.0 cm³/mol. The van der Waals surface area contributed by atoms with E-state index in [4.69, 9.17) is 10.5 Å². The normalized spacial score (nSPS) is 21.6. The second-order valence-electron chi connectivity index (χ2n) is 5.23. The number of anilines is 1. The molecule has 1 saturated heterocycles. The van der Waals surface area contributed by atoms with Crippen molar-refractivity contribution in [2.45, 2.75) is 25.8 Å². The summed E-state index contributed by atoms with van der Waals surface area (Å²) in [5.41, 5.74) is 8.52. The number of nitrogens with zero attached hydrogens (tertiary/aromatic N) is 1. The number of aryl methyl sites for hydroxylation is 1. The van der Waals surface area contributed by atoms with Crippen LogP contribution in [0, 0.1) is 12.8 Å². The van der Waals surface area contributed by atoms with Gasteiger partial charge >= 0.3 is 0 Å². The molecule has 1 aliphatic heterocycles. The summed E-state index contributed by atoms with van der Waals surface area (Å²) in [6.45, 7) is 4.55. The first-order chi connectivity index (χ1) is 8.72. The molecule has 2 rings (SSSR count). The third-order valence-electron chi connectivity index (χ3n) is 3.89. The fourth-order valence-corrected chi connectivity index (χ4v) is 2.77. The topological polar surface area (TPSA) is 38.5 Å². The molecule has 0 bridgehead atoms. The first-order valence-electron chi connectivity index (χ1n) is 6.79. The van der Waals surface area contributed by atoms with Crippen LogP contribution in [0.3, 0.4) is 0 Å². The van der Waals surface area contributed by atoms with Crippen molar-refractivity contribution >= 4 is 5.69 Å². The van der Waals surface area contributed by atoms with Crippen LogP contribution in [0.2, 0.25) is 0 Å². The lowest BCUT2D eigenvalue weighted by molar-refractivity contribution is 0.0453. The minimum absolute atomic E-state index is 0.368. The Morgan fingerprint density at radius 2 is 2.33 bits per heavy atom. The van der Waals surface area contributed by atoms with E-state index in [0.29, 0.717) is 18.5 Å². The molecule has 1 aliphatic rings. The molecular formula is C15H24N2O. The third kappa shape index (κ3) is 3.03. The molecule has 18 heavy (non-hydrogen) atoms. The third-order valence-corrected chi connectivity index (χ3v) is 3.89. The molecular weight excluding hydrogens is 224 g/mol. The Bertz CT molecular complexity index is 375. The molecule has 0 spiro atoms. The average molecular weight is 248 g/mol. The summed E-state index contributed by atoms with van der Waals surface area (Å²) < 4.78 is 5.59. The van der Waals surface area contributed by atoms with E-state index in [9.17, 15) is 0 Å². The quantitative estimate of drug-likeness (QED) is 0.887. The van der Waals surface area contributed by atoms with Crippen LogP contribution in [-0.2, 0) is 4.74 Å². The standard InChI is InChI=1S/C15H24N2O/c1-12-5-3-7-14(9-12)17(2)15(10-16)13-6-4-8-18-11-13/h3,5,7,9,13,15H,4,6,8,10-11,16H2,1-2H3. The maximum Gasteiger partial charge on any atom is 0.0514 e. The maximum atomic E-state index is 5.98. The Balaban J connectivity index is 2.11. The van der Waals surface area contributed by atoms with E-state index >= 15 is 0 Å². The van der Waals surface area contributed by atoms with Crippen LogP contribution in [0.5, 0.6) is 0 Å². The molecule has 3 heteroatoms. The van der Waals surface area contributed by atoms with Gasteiger partial charge < -0.3 is 15.4 Å². The van der Waals surface area contributed by atoms with E-state index in [1.807, 2.05) is 0 Å². The summed E-state index contributed by atoms with van der Waals surface area (Å²) in [7, 11) is 2.14. The zero-order valence-corrected chi connectivity index (χ0v) is 11.4. The first kappa shape index (κ1) is 13.4. The van der Waals surface area contributed by atoms with Gasteiger partial charge in [-0.05, 0) is 37.5 Å². The number of hydrogen-bond acceptors (Lipinski definition) is 3. The molecule has 1 heterocycles. The molecule has 0 saturated carbocycles. The fourth-order valence-electron chi connectivity index (χ4n) is 2.77. The smallest absolute Gasteiger partial charge is 0.0514 e. The summed E-state index contributed by atoms with van der Waals surface area (Å²) >= 11 is 0. The van der Waals surface area contributed by atoms with Crippen molar-refractivity contribution in [3.05, 3.63) is 29.8 Å².